The number of nitrogens with one attached hydrogen (secondary N) is 1. The Bertz CT molecular complexity index is 567. The molecule has 106 valence electrons. The van der Waals surface area contributed by atoms with E-state index in [-0.39, 0.29) is 11.9 Å². The molecule has 0 radical (unpaired) electrons. The van der Waals surface area contributed by atoms with E-state index in [1.165, 1.54) is 11.6 Å². The second-order valence-electron chi connectivity index (χ2n) is 4.91. The molecule has 0 spiro atoms. The smallest absolute Gasteiger partial charge is 0.123 e. The van der Waals surface area contributed by atoms with E-state index in [4.69, 9.17) is 11.6 Å². The molecule has 1 saturated heterocycles. The van der Waals surface area contributed by atoms with Gasteiger partial charge < -0.3 is 5.32 Å². The van der Waals surface area contributed by atoms with Crippen molar-refractivity contribution in [2.75, 3.05) is 26.2 Å². The van der Waals surface area contributed by atoms with Crippen LogP contribution in [-0.2, 0) is 0 Å². The molecule has 2 aromatic rings. The van der Waals surface area contributed by atoms with Gasteiger partial charge in [-0.05, 0) is 46.2 Å². The van der Waals surface area contributed by atoms with E-state index >= 15 is 0 Å². The number of hydrogen-bond acceptors (Lipinski definition) is 3. The first-order valence-corrected chi connectivity index (χ1v) is 7.99. The third-order valence-electron chi connectivity index (χ3n) is 3.63. The molecule has 1 atom stereocenters. The van der Waals surface area contributed by atoms with Gasteiger partial charge in [-0.25, -0.2) is 4.39 Å². The Morgan fingerprint density at radius 2 is 2.05 bits per heavy atom. The SMILES string of the molecule is Fc1ccc(Cl)c([C@@H](c2ccsc2)N2CCNCC2)c1. The molecule has 20 heavy (non-hydrogen) atoms. The quantitative estimate of drug-likeness (QED) is 0.933. The Labute approximate surface area is 127 Å². The highest BCUT2D eigenvalue weighted by molar-refractivity contribution is 7.08. The lowest BCUT2D eigenvalue weighted by Gasteiger charge is -2.35. The molecule has 5 heteroatoms. The molecule has 1 aromatic carbocycles. The zero-order valence-corrected chi connectivity index (χ0v) is 12.6. The van der Waals surface area contributed by atoms with Crippen molar-refractivity contribution < 1.29 is 4.39 Å². The van der Waals surface area contributed by atoms with Gasteiger partial charge in [-0.3, -0.25) is 4.90 Å². The zero-order valence-electron chi connectivity index (χ0n) is 11.0. The van der Waals surface area contributed by atoms with Crippen molar-refractivity contribution in [1.29, 1.82) is 0 Å². The maximum Gasteiger partial charge on any atom is 0.123 e. The lowest BCUT2D eigenvalue weighted by molar-refractivity contribution is 0.198. The van der Waals surface area contributed by atoms with Gasteiger partial charge in [-0.1, -0.05) is 11.6 Å². The summed E-state index contributed by atoms with van der Waals surface area (Å²) in [7, 11) is 0. The largest absolute Gasteiger partial charge is 0.314 e. The van der Waals surface area contributed by atoms with Crippen molar-refractivity contribution in [2.24, 2.45) is 0 Å². The minimum Gasteiger partial charge on any atom is -0.314 e. The second kappa shape index (κ2) is 6.22. The summed E-state index contributed by atoms with van der Waals surface area (Å²) in [4.78, 5) is 2.36. The zero-order chi connectivity index (χ0) is 13.9. The molecule has 0 aliphatic carbocycles. The molecule has 0 bridgehead atoms. The van der Waals surface area contributed by atoms with Crippen LogP contribution in [0.25, 0.3) is 0 Å². The second-order valence-corrected chi connectivity index (χ2v) is 6.10. The molecule has 2 nitrogen and oxygen atoms in total. The van der Waals surface area contributed by atoms with E-state index in [1.807, 2.05) is 0 Å². The number of benzene rings is 1. The third kappa shape index (κ3) is 2.88. The number of thiophene rings is 1. The Hall–Kier alpha value is -0.940. The van der Waals surface area contributed by atoms with E-state index in [0.717, 1.165) is 31.7 Å². The summed E-state index contributed by atoms with van der Waals surface area (Å²) in [6, 6.07) is 6.75. The van der Waals surface area contributed by atoms with Crippen molar-refractivity contribution in [1.82, 2.24) is 10.2 Å². The van der Waals surface area contributed by atoms with Crippen LogP contribution in [0, 0.1) is 5.82 Å². The summed E-state index contributed by atoms with van der Waals surface area (Å²) < 4.78 is 13.6. The Kier molecular flexibility index (Phi) is 4.36. The first kappa shape index (κ1) is 14.0. The number of nitrogens with zero attached hydrogens (tertiary/aromatic N) is 1. The van der Waals surface area contributed by atoms with Gasteiger partial charge in [-0.2, -0.15) is 11.3 Å². The molecule has 0 amide bonds. The summed E-state index contributed by atoms with van der Waals surface area (Å²) in [5.74, 6) is -0.236. The molecular weight excluding hydrogens is 295 g/mol. The van der Waals surface area contributed by atoms with Crippen LogP contribution in [0.5, 0.6) is 0 Å². The molecule has 3 rings (SSSR count). The summed E-state index contributed by atoms with van der Waals surface area (Å²) in [5.41, 5.74) is 2.04. The van der Waals surface area contributed by atoms with Gasteiger partial charge in [0.25, 0.3) is 0 Å². The van der Waals surface area contributed by atoms with Crippen molar-refractivity contribution in [2.45, 2.75) is 6.04 Å². The number of piperazine rings is 1. The van der Waals surface area contributed by atoms with E-state index in [2.05, 4.69) is 27.0 Å². The van der Waals surface area contributed by atoms with Crippen LogP contribution >= 0.6 is 22.9 Å². The first-order chi connectivity index (χ1) is 9.75. The molecule has 1 aliphatic heterocycles. The van der Waals surface area contributed by atoms with Gasteiger partial charge in [0.05, 0.1) is 6.04 Å². The molecule has 1 fully saturated rings. The van der Waals surface area contributed by atoms with Crippen molar-refractivity contribution >= 4 is 22.9 Å². The van der Waals surface area contributed by atoms with Gasteiger partial charge in [-0.15, -0.1) is 0 Å². The molecular formula is C15H16ClFN2S. The lowest BCUT2D eigenvalue weighted by atomic mass is 9.98. The molecule has 0 unspecified atom stereocenters. The summed E-state index contributed by atoms with van der Waals surface area (Å²) in [6.45, 7) is 3.78. The lowest BCUT2D eigenvalue weighted by Crippen LogP contribution is -2.45. The number of hydrogen-bond donors (Lipinski definition) is 1. The molecule has 1 N–H and O–H groups in total. The van der Waals surface area contributed by atoms with E-state index in [1.54, 1.807) is 23.5 Å². The van der Waals surface area contributed by atoms with Crippen LogP contribution in [0.3, 0.4) is 0 Å². The van der Waals surface area contributed by atoms with Gasteiger partial charge in [0.15, 0.2) is 0 Å². The summed E-state index contributed by atoms with van der Waals surface area (Å²) in [6.07, 6.45) is 0. The Morgan fingerprint density at radius 1 is 1.25 bits per heavy atom. The van der Waals surface area contributed by atoms with Crippen LogP contribution in [0.2, 0.25) is 5.02 Å². The fourth-order valence-electron chi connectivity index (χ4n) is 2.68. The van der Waals surface area contributed by atoms with Crippen molar-refractivity contribution in [3.05, 3.63) is 57.0 Å². The molecule has 1 aromatic heterocycles. The summed E-state index contributed by atoms with van der Waals surface area (Å²) >= 11 is 7.98. The number of rotatable bonds is 3. The highest BCUT2D eigenvalue weighted by Crippen LogP contribution is 2.34. The predicted octanol–water partition coefficient (Wildman–Crippen LogP) is 3.54. The van der Waals surface area contributed by atoms with E-state index in [9.17, 15) is 4.39 Å². The molecule has 1 aliphatic rings. The standard InChI is InChI=1S/C15H16ClFN2S/c16-14-2-1-12(17)9-13(14)15(11-3-8-20-10-11)19-6-4-18-5-7-19/h1-3,8-10,15,18H,4-7H2/t15-/m1/s1. The van der Waals surface area contributed by atoms with Gasteiger partial charge in [0, 0.05) is 31.2 Å². The van der Waals surface area contributed by atoms with E-state index in [0.29, 0.717) is 5.02 Å². The van der Waals surface area contributed by atoms with Crippen LogP contribution < -0.4 is 5.32 Å². The average Bonchev–Trinajstić information content (AvgIpc) is 2.98. The highest BCUT2D eigenvalue weighted by atomic mass is 35.5. The molecule has 2 heterocycles. The maximum atomic E-state index is 13.6. The van der Waals surface area contributed by atoms with Gasteiger partial charge >= 0.3 is 0 Å². The minimum absolute atomic E-state index is 0.0338. The molecule has 0 saturated carbocycles. The predicted molar refractivity (Wildman–Crippen MR) is 82.0 cm³/mol. The maximum absolute atomic E-state index is 13.6. The first-order valence-electron chi connectivity index (χ1n) is 6.67. The van der Waals surface area contributed by atoms with Crippen LogP contribution in [0.1, 0.15) is 17.2 Å². The van der Waals surface area contributed by atoms with Gasteiger partial charge in [0.2, 0.25) is 0 Å². The van der Waals surface area contributed by atoms with Gasteiger partial charge in [0.1, 0.15) is 5.82 Å². The van der Waals surface area contributed by atoms with Crippen LogP contribution in [-0.4, -0.2) is 31.1 Å². The monoisotopic (exact) mass is 310 g/mol. The topological polar surface area (TPSA) is 15.3 Å². The minimum atomic E-state index is -0.236. The Morgan fingerprint density at radius 3 is 2.75 bits per heavy atom. The third-order valence-corrected chi connectivity index (χ3v) is 4.67. The normalized spacial score (nSPS) is 18.1. The fourth-order valence-corrected chi connectivity index (χ4v) is 3.58. The fraction of sp³-hybridized carbons (Fsp3) is 0.333. The Balaban J connectivity index is 2.02. The summed E-state index contributed by atoms with van der Waals surface area (Å²) in [5, 5.41) is 8.14. The van der Waals surface area contributed by atoms with Crippen LogP contribution in [0.4, 0.5) is 4.39 Å². The number of halogens is 2. The van der Waals surface area contributed by atoms with Crippen LogP contribution in [0.15, 0.2) is 35.0 Å². The van der Waals surface area contributed by atoms with Crippen molar-refractivity contribution in [3.8, 4) is 0 Å². The average molecular weight is 311 g/mol. The highest BCUT2D eigenvalue weighted by Gasteiger charge is 2.26. The van der Waals surface area contributed by atoms with E-state index < -0.39 is 0 Å². The van der Waals surface area contributed by atoms with Crippen molar-refractivity contribution in [3.63, 3.8) is 0 Å².